The minimum absolute atomic E-state index is 0.382. The average Bonchev–Trinajstić information content (AvgIpc) is 2.59. The van der Waals surface area contributed by atoms with E-state index in [2.05, 4.69) is 37.8 Å². The monoisotopic (exact) mass is 209 g/mol. The highest BCUT2D eigenvalue weighted by Gasteiger charge is 2.16. The fraction of sp³-hybridized carbons (Fsp3) is 0.600. The van der Waals surface area contributed by atoms with Crippen LogP contribution in [0.25, 0.3) is 10.3 Å². The van der Waals surface area contributed by atoms with Crippen LogP contribution >= 0.6 is 11.3 Å². The highest BCUT2D eigenvalue weighted by molar-refractivity contribution is 7.16. The van der Waals surface area contributed by atoms with Gasteiger partial charge in [-0.05, 0) is 19.8 Å². The first kappa shape index (κ1) is 9.65. The number of aromatic nitrogens is 3. The summed E-state index contributed by atoms with van der Waals surface area (Å²) in [6, 6.07) is 0.382. The second-order valence-electron chi connectivity index (χ2n) is 4.08. The molecular formula is C10H15N3S. The van der Waals surface area contributed by atoms with Gasteiger partial charge in [0.15, 0.2) is 5.65 Å². The predicted molar refractivity (Wildman–Crippen MR) is 59.9 cm³/mol. The Morgan fingerprint density at radius 2 is 2.00 bits per heavy atom. The van der Waals surface area contributed by atoms with Crippen molar-refractivity contribution in [1.82, 2.24) is 14.8 Å². The third kappa shape index (κ3) is 1.34. The number of fused-ring (bicyclic) bond motifs is 1. The molecule has 0 saturated heterocycles. The summed E-state index contributed by atoms with van der Waals surface area (Å²) in [4.78, 5) is 4.36. The molecular weight excluding hydrogens is 194 g/mol. The Morgan fingerprint density at radius 3 is 2.57 bits per heavy atom. The van der Waals surface area contributed by atoms with Gasteiger partial charge in [-0.25, -0.2) is 9.67 Å². The van der Waals surface area contributed by atoms with Crippen LogP contribution in [0.15, 0.2) is 5.51 Å². The van der Waals surface area contributed by atoms with Crippen molar-refractivity contribution in [2.45, 2.75) is 39.7 Å². The molecule has 14 heavy (non-hydrogen) atoms. The molecule has 0 N–H and O–H groups in total. The zero-order chi connectivity index (χ0) is 10.3. The van der Waals surface area contributed by atoms with E-state index < -0.39 is 0 Å². The van der Waals surface area contributed by atoms with Crippen molar-refractivity contribution in [3.05, 3.63) is 11.2 Å². The third-order valence-corrected chi connectivity index (χ3v) is 3.09. The number of hydrogen-bond donors (Lipinski definition) is 0. The molecule has 2 heterocycles. The lowest BCUT2D eigenvalue weighted by Gasteiger charge is -2.05. The van der Waals surface area contributed by atoms with Crippen LogP contribution in [0.2, 0.25) is 0 Å². The van der Waals surface area contributed by atoms with Crippen LogP contribution in [0.1, 0.15) is 45.3 Å². The lowest BCUT2D eigenvalue weighted by atomic mass is 10.1. The smallest absolute Gasteiger partial charge is 0.169 e. The summed E-state index contributed by atoms with van der Waals surface area (Å²) in [7, 11) is 0. The SMILES string of the molecule is CC(C)c1nn(C(C)C)c2ncsc12. The van der Waals surface area contributed by atoms with E-state index in [1.807, 2.05) is 10.2 Å². The molecule has 0 aliphatic heterocycles. The summed E-state index contributed by atoms with van der Waals surface area (Å²) in [5.74, 6) is 0.470. The molecule has 0 aliphatic carbocycles. The van der Waals surface area contributed by atoms with Gasteiger partial charge in [0.1, 0.15) is 0 Å². The Hall–Kier alpha value is -0.900. The first-order chi connectivity index (χ1) is 6.61. The maximum atomic E-state index is 4.61. The summed E-state index contributed by atoms with van der Waals surface area (Å²) in [6.45, 7) is 8.62. The lowest BCUT2D eigenvalue weighted by molar-refractivity contribution is 0.535. The van der Waals surface area contributed by atoms with Crippen LogP contribution in [0, 0.1) is 0 Å². The van der Waals surface area contributed by atoms with Crippen LogP contribution in [0.5, 0.6) is 0 Å². The maximum Gasteiger partial charge on any atom is 0.169 e. The summed E-state index contributed by atoms with van der Waals surface area (Å²) in [5.41, 5.74) is 4.11. The Kier molecular flexibility index (Phi) is 2.31. The Bertz CT molecular complexity index is 402. The molecule has 0 aliphatic rings. The third-order valence-electron chi connectivity index (χ3n) is 2.25. The molecule has 2 aromatic rings. The normalized spacial score (nSPS) is 12.1. The molecule has 0 saturated carbocycles. The zero-order valence-electron chi connectivity index (χ0n) is 8.98. The zero-order valence-corrected chi connectivity index (χ0v) is 9.80. The minimum atomic E-state index is 0.382. The highest BCUT2D eigenvalue weighted by Crippen LogP contribution is 2.28. The largest absolute Gasteiger partial charge is 0.244 e. The van der Waals surface area contributed by atoms with Gasteiger partial charge in [0.05, 0.1) is 15.9 Å². The Morgan fingerprint density at radius 1 is 1.29 bits per heavy atom. The van der Waals surface area contributed by atoms with E-state index in [1.54, 1.807) is 11.3 Å². The second-order valence-corrected chi connectivity index (χ2v) is 4.94. The Labute approximate surface area is 87.8 Å². The molecule has 0 fully saturated rings. The molecule has 2 rings (SSSR count). The molecule has 0 aromatic carbocycles. The second kappa shape index (κ2) is 3.35. The van der Waals surface area contributed by atoms with Crippen LogP contribution in [-0.2, 0) is 0 Å². The topological polar surface area (TPSA) is 30.7 Å². The number of hydrogen-bond acceptors (Lipinski definition) is 3. The first-order valence-electron chi connectivity index (χ1n) is 4.93. The van der Waals surface area contributed by atoms with Gasteiger partial charge < -0.3 is 0 Å². The molecule has 76 valence electrons. The quantitative estimate of drug-likeness (QED) is 0.760. The molecule has 0 amide bonds. The summed E-state index contributed by atoms with van der Waals surface area (Å²) < 4.78 is 3.26. The van der Waals surface area contributed by atoms with Crippen molar-refractivity contribution in [2.75, 3.05) is 0 Å². The van der Waals surface area contributed by atoms with E-state index in [-0.39, 0.29) is 0 Å². The first-order valence-corrected chi connectivity index (χ1v) is 5.80. The van der Waals surface area contributed by atoms with Crippen LogP contribution in [0.4, 0.5) is 0 Å². The molecule has 4 heteroatoms. The van der Waals surface area contributed by atoms with Crippen LogP contribution < -0.4 is 0 Å². The fourth-order valence-corrected chi connectivity index (χ4v) is 2.43. The standard InChI is InChI=1S/C10H15N3S/c1-6(2)8-9-10(11-5-14-9)13(12-8)7(3)4/h5-7H,1-4H3. The van der Waals surface area contributed by atoms with Gasteiger partial charge in [0, 0.05) is 6.04 Å². The van der Waals surface area contributed by atoms with Crippen molar-refractivity contribution in [3.63, 3.8) is 0 Å². The van der Waals surface area contributed by atoms with E-state index in [1.165, 1.54) is 10.4 Å². The van der Waals surface area contributed by atoms with E-state index in [4.69, 9.17) is 0 Å². The van der Waals surface area contributed by atoms with Crippen molar-refractivity contribution in [1.29, 1.82) is 0 Å². The van der Waals surface area contributed by atoms with Crippen LogP contribution in [-0.4, -0.2) is 14.8 Å². The van der Waals surface area contributed by atoms with Crippen LogP contribution in [0.3, 0.4) is 0 Å². The average molecular weight is 209 g/mol. The van der Waals surface area contributed by atoms with Crippen molar-refractivity contribution in [3.8, 4) is 0 Å². The summed E-state index contributed by atoms with van der Waals surface area (Å²) in [6.07, 6.45) is 0. The fourth-order valence-electron chi connectivity index (χ4n) is 1.52. The summed E-state index contributed by atoms with van der Waals surface area (Å²) >= 11 is 1.69. The number of nitrogens with zero attached hydrogens (tertiary/aromatic N) is 3. The number of rotatable bonds is 2. The lowest BCUT2D eigenvalue weighted by Crippen LogP contribution is -2.04. The summed E-state index contributed by atoms with van der Waals surface area (Å²) in [5, 5.41) is 4.61. The van der Waals surface area contributed by atoms with Gasteiger partial charge in [0.2, 0.25) is 0 Å². The predicted octanol–water partition coefficient (Wildman–Crippen LogP) is 3.20. The van der Waals surface area contributed by atoms with E-state index in [0.29, 0.717) is 12.0 Å². The molecule has 0 unspecified atom stereocenters. The van der Waals surface area contributed by atoms with E-state index >= 15 is 0 Å². The van der Waals surface area contributed by atoms with Gasteiger partial charge in [0.25, 0.3) is 0 Å². The highest BCUT2D eigenvalue weighted by atomic mass is 32.1. The molecule has 3 nitrogen and oxygen atoms in total. The molecule has 0 spiro atoms. The van der Waals surface area contributed by atoms with Gasteiger partial charge in [-0.1, -0.05) is 13.8 Å². The molecule has 0 radical (unpaired) electrons. The van der Waals surface area contributed by atoms with Crippen molar-refractivity contribution < 1.29 is 0 Å². The van der Waals surface area contributed by atoms with E-state index in [0.717, 1.165) is 5.65 Å². The Balaban J connectivity index is 2.68. The van der Waals surface area contributed by atoms with Gasteiger partial charge in [-0.15, -0.1) is 11.3 Å². The molecule has 0 atom stereocenters. The minimum Gasteiger partial charge on any atom is -0.244 e. The van der Waals surface area contributed by atoms with Gasteiger partial charge in [-0.2, -0.15) is 5.10 Å². The number of thiazole rings is 1. The van der Waals surface area contributed by atoms with E-state index in [9.17, 15) is 0 Å². The van der Waals surface area contributed by atoms with Gasteiger partial charge in [-0.3, -0.25) is 0 Å². The molecule has 2 aromatic heterocycles. The van der Waals surface area contributed by atoms with Crippen molar-refractivity contribution >= 4 is 21.7 Å². The molecule has 0 bridgehead atoms. The van der Waals surface area contributed by atoms with Gasteiger partial charge >= 0.3 is 0 Å². The van der Waals surface area contributed by atoms with Crippen molar-refractivity contribution in [2.24, 2.45) is 0 Å². The maximum absolute atomic E-state index is 4.61.